The van der Waals surface area contributed by atoms with E-state index >= 15 is 0 Å². The van der Waals surface area contributed by atoms with Crippen LogP contribution in [0.3, 0.4) is 0 Å². The van der Waals surface area contributed by atoms with Crippen LogP contribution in [0.15, 0.2) is 12.1 Å². The van der Waals surface area contributed by atoms with Crippen LogP contribution < -0.4 is 10.2 Å². The van der Waals surface area contributed by atoms with Crippen molar-refractivity contribution in [3.05, 3.63) is 23.4 Å². The van der Waals surface area contributed by atoms with Crippen molar-refractivity contribution in [3.8, 4) is 0 Å². The summed E-state index contributed by atoms with van der Waals surface area (Å²) in [5.41, 5.74) is 2.38. The van der Waals surface area contributed by atoms with Crippen LogP contribution in [0.1, 0.15) is 32.0 Å². The van der Waals surface area contributed by atoms with E-state index in [1.54, 1.807) is 0 Å². The monoisotopic (exact) mass is 221 g/mol. The van der Waals surface area contributed by atoms with Crippen LogP contribution in [0.4, 0.5) is 5.82 Å². The summed E-state index contributed by atoms with van der Waals surface area (Å²) in [4.78, 5) is 6.92. The second-order valence-corrected chi connectivity index (χ2v) is 4.39. The number of nitrogens with zero attached hydrogens (tertiary/aromatic N) is 2. The van der Waals surface area contributed by atoms with E-state index in [2.05, 4.69) is 55.0 Å². The Morgan fingerprint density at radius 2 is 2.06 bits per heavy atom. The molecule has 1 aromatic rings. The minimum atomic E-state index is 0.488. The molecule has 0 aliphatic heterocycles. The lowest BCUT2D eigenvalue weighted by molar-refractivity contribution is 0.690. The molecule has 1 heterocycles. The van der Waals surface area contributed by atoms with Crippen LogP contribution in [0.2, 0.25) is 0 Å². The van der Waals surface area contributed by atoms with E-state index in [-0.39, 0.29) is 0 Å². The Morgan fingerprint density at radius 3 is 2.56 bits per heavy atom. The maximum absolute atomic E-state index is 4.61. The number of anilines is 1. The maximum atomic E-state index is 4.61. The molecule has 3 nitrogen and oxygen atoms in total. The molecule has 0 aliphatic carbocycles. The van der Waals surface area contributed by atoms with Gasteiger partial charge in [-0.1, -0.05) is 0 Å². The first-order chi connectivity index (χ1) is 7.58. The maximum Gasteiger partial charge on any atom is 0.129 e. The average Bonchev–Trinajstić information content (AvgIpc) is 2.17. The largest absolute Gasteiger partial charge is 0.354 e. The summed E-state index contributed by atoms with van der Waals surface area (Å²) in [6.45, 7) is 10.5. The molecule has 0 spiro atoms. The molecule has 0 atom stereocenters. The number of nitrogens with one attached hydrogen (secondary N) is 1. The van der Waals surface area contributed by atoms with Crippen molar-refractivity contribution in [2.24, 2.45) is 0 Å². The summed E-state index contributed by atoms with van der Waals surface area (Å²) in [7, 11) is 1.97. The zero-order valence-electron chi connectivity index (χ0n) is 11.0. The fraction of sp³-hybridized carbons (Fsp3) is 0.615. The highest BCUT2D eigenvalue weighted by molar-refractivity contribution is 5.43. The summed E-state index contributed by atoms with van der Waals surface area (Å²) in [6, 6.07) is 4.79. The third-order valence-electron chi connectivity index (χ3n) is 2.64. The molecule has 0 radical (unpaired) electrons. The van der Waals surface area contributed by atoms with Gasteiger partial charge in [0.05, 0.1) is 0 Å². The molecule has 3 heteroatoms. The van der Waals surface area contributed by atoms with Crippen LogP contribution >= 0.6 is 0 Å². The van der Waals surface area contributed by atoms with Gasteiger partial charge in [0.2, 0.25) is 0 Å². The van der Waals surface area contributed by atoms with Gasteiger partial charge >= 0.3 is 0 Å². The molecule has 0 aromatic carbocycles. The number of hydrogen-bond donors (Lipinski definition) is 1. The molecule has 0 saturated carbocycles. The summed E-state index contributed by atoms with van der Waals surface area (Å²) < 4.78 is 0. The predicted molar refractivity (Wildman–Crippen MR) is 69.9 cm³/mol. The number of hydrogen-bond acceptors (Lipinski definition) is 3. The van der Waals surface area contributed by atoms with E-state index in [0.717, 1.165) is 24.6 Å². The average molecular weight is 221 g/mol. The quantitative estimate of drug-likeness (QED) is 0.827. The van der Waals surface area contributed by atoms with Crippen molar-refractivity contribution in [1.29, 1.82) is 0 Å². The van der Waals surface area contributed by atoms with Gasteiger partial charge in [0.15, 0.2) is 0 Å². The van der Waals surface area contributed by atoms with Gasteiger partial charge in [-0.2, -0.15) is 0 Å². The topological polar surface area (TPSA) is 28.2 Å². The van der Waals surface area contributed by atoms with Gasteiger partial charge in [-0.05, 0) is 52.4 Å². The van der Waals surface area contributed by atoms with Gasteiger partial charge < -0.3 is 10.2 Å². The van der Waals surface area contributed by atoms with Crippen LogP contribution in [0.25, 0.3) is 0 Å². The van der Waals surface area contributed by atoms with Crippen molar-refractivity contribution in [2.75, 3.05) is 18.5 Å². The highest BCUT2D eigenvalue weighted by Crippen LogP contribution is 2.17. The Kier molecular flexibility index (Phi) is 4.74. The fourth-order valence-electron chi connectivity index (χ4n) is 1.97. The van der Waals surface area contributed by atoms with Crippen molar-refractivity contribution in [3.63, 3.8) is 0 Å². The zero-order valence-corrected chi connectivity index (χ0v) is 11.0. The standard InChI is InChI=1S/C13H23N3/c1-6-16(10(2)3)13-8-12(9-14-5)7-11(4)15-13/h7-8,10,14H,6,9H2,1-5H3. The molecule has 0 amide bonds. The van der Waals surface area contributed by atoms with Crippen LogP contribution in [-0.2, 0) is 6.54 Å². The second-order valence-electron chi connectivity index (χ2n) is 4.39. The van der Waals surface area contributed by atoms with Gasteiger partial charge in [-0.3, -0.25) is 0 Å². The molecular formula is C13H23N3. The van der Waals surface area contributed by atoms with E-state index in [1.165, 1.54) is 5.56 Å². The lowest BCUT2D eigenvalue weighted by Gasteiger charge is -2.27. The Labute approximate surface area is 98.9 Å². The highest BCUT2D eigenvalue weighted by atomic mass is 15.2. The first-order valence-corrected chi connectivity index (χ1v) is 5.97. The summed E-state index contributed by atoms with van der Waals surface area (Å²) in [6.07, 6.45) is 0. The van der Waals surface area contributed by atoms with Gasteiger partial charge in [-0.15, -0.1) is 0 Å². The number of rotatable bonds is 5. The minimum absolute atomic E-state index is 0.488. The number of aromatic nitrogens is 1. The van der Waals surface area contributed by atoms with Crippen molar-refractivity contribution >= 4 is 5.82 Å². The first kappa shape index (κ1) is 13.0. The molecule has 1 rings (SSSR count). The van der Waals surface area contributed by atoms with Crippen LogP contribution in [0, 0.1) is 6.92 Å². The number of pyridine rings is 1. The Bertz CT molecular complexity index is 334. The molecule has 0 saturated heterocycles. The lowest BCUT2D eigenvalue weighted by atomic mass is 10.2. The van der Waals surface area contributed by atoms with E-state index in [9.17, 15) is 0 Å². The Balaban J connectivity index is 3.02. The Hall–Kier alpha value is -1.09. The van der Waals surface area contributed by atoms with Crippen molar-refractivity contribution in [2.45, 2.75) is 40.3 Å². The van der Waals surface area contributed by atoms with E-state index < -0.39 is 0 Å². The van der Waals surface area contributed by atoms with Crippen molar-refractivity contribution < 1.29 is 0 Å². The van der Waals surface area contributed by atoms with Gasteiger partial charge in [-0.25, -0.2) is 4.98 Å². The smallest absolute Gasteiger partial charge is 0.129 e. The van der Waals surface area contributed by atoms with Gasteiger partial charge in [0.25, 0.3) is 0 Å². The summed E-state index contributed by atoms with van der Waals surface area (Å²) >= 11 is 0. The van der Waals surface area contributed by atoms with Crippen LogP contribution in [-0.4, -0.2) is 24.6 Å². The zero-order chi connectivity index (χ0) is 12.1. The van der Waals surface area contributed by atoms with E-state index in [4.69, 9.17) is 0 Å². The normalized spacial score (nSPS) is 10.9. The van der Waals surface area contributed by atoms with Gasteiger partial charge in [0, 0.05) is 24.8 Å². The highest BCUT2D eigenvalue weighted by Gasteiger charge is 2.10. The molecular weight excluding hydrogens is 198 g/mol. The minimum Gasteiger partial charge on any atom is -0.354 e. The molecule has 1 aromatic heterocycles. The molecule has 0 aliphatic rings. The molecule has 0 bridgehead atoms. The molecule has 0 fully saturated rings. The second kappa shape index (κ2) is 5.85. The van der Waals surface area contributed by atoms with Crippen LogP contribution in [0.5, 0.6) is 0 Å². The molecule has 90 valence electrons. The lowest BCUT2D eigenvalue weighted by Crippen LogP contribution is -2.31. The molecule has 0 unspecified atom stereocenters. The first-order valence-electron chi connectivity index (χ1n) is 5.97. The third kappa shape index (κ3) is 3.20. The number of aryl methyl sites for hydroxylation is 1. The van der Waals surface area contributed by atoms with Gasteiger partial charge in [0.1, 0.15) is 5.82 Å². The van der Waals surface area contributed by atoms with E-state index in [0.29, 0.717) is 6.04 Å². The predicted octanol–water partition coefficient (Wildman–Crippen LogP) is 2.34. The van der Waals surface area contributed by atoms with E-state index in [1.807, 2.05) is 7.05 Å². The summed E-state index contributed by atoms with van der Waals surface area (Å²) in [5, 5.41) is 3.18. The third-order valence-corrected chi connectivity index (χ3v) is 2.64. The Morgan fingerprint density at radius 1 is 1.38 bits per heavy atom. The fourth-order valence-corrected chi connectivity index (χ4v) is 1.97. The molecule has 1 N–H and O–H groups in total. The van der Waals surface area contributed by atoms with Crippen molar-refractivity contribution in [1.82, 2.24) is 10.3 Å². The SMILES string of the molecule is CCN(c1cc(CNC)cc(C)n1)C(C)C. The summed E-state index contributed by atoms with van der Waals surface area (Å²) in [5.74, 6) is 1.09. The molecule has 16 heavy (non-hydrogen) atoms.